The number of anilines is 1. The second kappa shape index (κ2) is 6.17. The minimum Gasteiger partial charge on any atom is -0.376 e. The van der Waals surface area contributed by atoms with Crippen LogP contribution in [0.1, 0.15) is 18.5 Å². The number of hydrogen-bond acceptors (Lipinski definition) is 1. The average molecular weight is 337 g/mol. The predicted molar refractivity (Wildman–Crippen MR) is 79.9 cm³/mol. The van der Waals surface area contributed by atoms with E-state index in [0.29, 0.717) is 15.6 Å². The molecule has 0 aliphatic carbocycles. The van der Waals surface area contributed by atoms with Gasteiger partial charge in [-0.2, -0.15) is 0 Å². The topological polar surface area (TPSA) is 12.0 Å². The van der Waals surface area contributed by atoms with Gasteiger partial charge in [-0.1, -0.05) is 34.8 Å². The first-order valence-corrected chi connectivity index (χ1v) is 6.88. The highest BCUT2D eigenvalue weighted by atomic mass is 35.5. The summed E-state index contributed by atoms with van der Waals surface area (Å²) in [6.07, 6.45) is 0. The van der Waals surface area contributed by atoms with Gasteiger partial charge in [0.25, 0.3) is 0 Å². The second-order valence-electron chi connectivity index (χ2n) is 4.25. The molecule has 0 radical (unpaired) electrons. The number of hydrogen-bond donors (Lipinski definition) is 1. The second-order valence-corrected chi connectivity index (χ2v) is 5.47. The quantitative estimate of drug-likeness (QED) is 0.668. The van der Waals surface area contributed by atoms with Crippen LogP contribution in [0.3, 0.4) is 0 Å². The van der Waals surface area contributed by atoms with Crippen LogP contribution >= 0.6 is 34.8 Å². The SMILES string of the molecule is CC(Nc1cc(Cl)ccc1F)c1c(Cl)ccc(F)c1Cl. The molecule has 0 aromatic heterocycles. The molecule has 20 heavy (non-hydrogen) atoms. The molecule has 106 valence electrons. The average Bonchev–Trinajstić information content (AvgIpc) is 2.39. The summed E-state index contributed by atoms with van der Waals surface area (Å²) in [5.41, 5.74) is 0.564. The maximum Gasteiger partial charge on any atom is 0.146 e. The van der Waals surface area contributed by atoms with Crippen molar-refractivity contribution in [3.8, 4) is 0 Å². The van der Waals surface area contributed by atoms with Crippen molar-refractivity contribution in [1.29, 1.82) is 0 Å². The van der Waals surface area contributed by atoms with Crippen molar-refractivity contribution in [3.63, 3.8) is 0 Å². The predicted octanol–water partition coefficient (Wildman–Crippen LogP) is 6.10. The maximum atomic E-state index is 13.7. The third-order valence-corrected chi connectivity index (χ3v) is 3.76. The van der Waals surface area contributed by atoms with Crippen molar-refractivity contribution < 1.29 is 8.78 Å². The summed E-state index contributed by atoms with van der Waals surface area (Å²) in [5.74, 6) is -1.05. The summed E-state index contributed by atoms with van der Waals surface area (Å²) in [6, 6.07) is 6.22. The Balaban J connectivity index is 2.35. The molecular weight excluding hydrogens is 327 g/mol. The number of rotatable bonds is 3. The first-order valence-electron chi connectivity index (χ1n) is 5.75. The minimum atomic E-state index is -0.578. The Morgan fingerprint density at radius 2 is 1.65 bits per heavy atom. The van der Waals surface area contributed by atoms with Gasteiger partial charge in [-0.05, 0) is 37.3 Å². The highest BCUT2D eigenvalue weighted by Gasteiger charge is 2.18. The van der Waals surface area contributed by atoms with Gasteiger partial charge >= 0.3 is 0 Å². The van der Waals surface area contributed by atoms with Crippen molar-refractivity contribution in [2.75, 3.05) is 5.32 Å². The van der Waals surface area contributed by atoms with E-state index in [1.54, 1.807) is 6.92 Å². The molecule has 1 nitrogen and oxygen atoms in total. The molecule has 1 N–H and O–H groups in total. The Morgan fingerprint density at radius 1 is 1.00 bits per heavy atom. The van der Waals surface area contributed by atoms with Crippen molar-refractivity contribution in [1.82, 2.24) is 0 Å². The molecule has 0 aliphatic heterocycles. The van der Waals surface area contributed by atoms with Gasteiger partial charge < -0.3 is 5.32 Å². The van der Waals surface area contributed by atoms with Crippen LogP contribution in [0.15, 0.2) is 30.3 Å². The summed E-state index contributed by atoms with van der Waals surface area (Å²) >= 11 is 17.7. The lowest BCUT2D eigenvalue weighted by Crippen LogP contribution is -2.10. The molecule has 0 heterocycles. The van der Waals surface area contributed by atoms with Gasteiger partial charge in [-0.25, -0.2) is 8.78 Å². The zero-order valence-corrected chi connectivity index (χ0v) is 12.6. The minimum absolute atomic E-state index is 0.0834. The van der Waals surface area contributed by atoms with Crippen LogP contribution in [-0.2, 0) is 0 Å². The molecule has 0 amide bonds. The Kier molecular flexibility index (Phi) is 4.74. The Morgan fingerprint density at radius 3 is 2.35 bits per heavy atom. The number of halogens is 5. The zero-order valence-electron chi connectivity index (χ0n) is 10.4. The Bertz CT molecular complexity index is 647. The van der Waals surface area contributed by atoms with Crippen LogP contribution in [0, 0.1) is 11.6 Å². The lowest BCUT2D eigenvalue weighted by Gasteiger charge is -2.19. The third kappa shape index (κ3) is 3.17. The monoisotopic (exact) mass is 335 g/mol. The molecule has 0 saturated heterocycles. The van der Waals surface area contributed by atoms with E-state index in [2.05, 4.69) is 5.32 Å². The number of nitrogens with one attached hydrogen (secondary N) is 1. The fourth-order valence-electron chi connectivity index (χ4n) is 1.85. The van der Waals surface area contributed by atoms with Gasteiger partial charge in [-0.15, -0.1) is 0 Å². The van der Waals surface area contributed by atoms with E-state index in [1.165, 1.54) is 30.3 Å². The van der Waals surface area contributed by atoms with E-state index in [-0.39, 0.29) is 10.7 Å². The van der Waals surface area contributed by atoms with Gasteiger partial charge in [0.05, 0.1) is 16.8 Å². The van der Waals surface area contributed by atoms with Crippen molar-refractivity contribution in [2.45, 2.75) is 13.0 Å². The molecular formula is C14H10Cl3F2N. The summed E-state index contributed by atoms with van der Waals surface area (Å²) in [4.78, 5) is 0. The lowest BCUT2D eigenvalue weighted by atomic mass is 10.1. The largest absolute Gasteiger partial charge is 0.376 e. The zero-order chi connectivity index (χ0) is 14.9. The molecule has 0 aliphatic rings. The number of benzene rings is 2. The standard InChI is InChI=1S/C14H10Cl3F2N/c1-7(13-9(16)3-5-11(19)14(13)17)20-12-6-8(15)2-4-10(12)18/h2-7,20H,1H3. The molecule has 0 bridgehead atoms. The molecule has 1 unspecified atom stereocenters. The van der Waals surface area contributed by atoms with Gasteiger partial charge in [0.15, 0.2) is 0 Å². The smallest absolute Gasteiger partial charge is 0.146 e. The first-order chi connectivity index (χ1) is 9.40. The van der Waals surface area contributed by atoms with E-state index in [0.717, 1.165) is 0 Å². The lowest BCUT2D eigenvalue weighted by molar-refractivity contribution is 0.621. The summed E-state index contributed by atoms with van der Waals surface area (Å²) < 4.78 is 27.2. The maximum absolute atomic E-state index is 13.7. The Hall–Kier alpha value is -1.03. The van der Waals surface area contributed by atoms with Gasteiger partial charge in [0, 0.05) is 15.6 Å². The van der Waals surface area contributed by atoms with Crippen LogP contribution in [0.5, 0.6) is 0 Å². The Labute approximate surface area is 130 Å². The fourth-order valence-corrected chi connectivity index (χ4v) is 2.72. The van der Waals surface area contributed by atoms with Gasteiger partial charge in [0.1, 0.15) is 11.6 Å². The van der Waals surface area contributed by atoms with Crippen molar-refractivity contribution >= 4 is 40.5 Å². The van der Waals surface area contributed by atoms with Crippen LogP contribution in [0.4, 0.5) is 14.5 Å². The van der Waals surface area contributed by atoms with E-state index in [4.69, 9.17) is 34.8 Å². The first kappa shape index (κ1) is 15.4. The summed E-state index contributed by atoms with van der Waals surface area (Å²) in [7, 11) is 0. The van der Waals surface area contributed by atoms with Crippen molar-refractivity contribution in [2.24, 2.45) is 0 Å². The fraction of sp³-hybridized carbons (Fsp3) is 0.143. The molecule has 2 aromatic rings. The van der Waals surface area contributed by atoms with E-state index in [1.807, 2.05) is 0 Å². The van der Waals surface area contributed by atoms with Gasteiger partial charge in [-0.3, -0.25) is 0 Å². The van der Waals surface area contributed by atoms with E-state index >= 15 is 0 Å². The molecule has 0 spiro atoms. The molecule has 6 heteroatoms. The van der Waals surface area contributed by atoms with Crippen LogP contribution < -0.4 is 5.32 Å². The van der Waals surface area contributed by atoms with E-state index < -0.39 is 17.7 Å². The highest BCUT2D eigenvalue weighted by molar-refractivity contribution is 6.36. The van der Waals surface area contributed by atoms with Crippen LogP contribution in [0.25, 0.3) is 0 Å². The van der Waals surface area contributed by atoms with Gasteiger partial charge in [0.2, 0.25) is 0 Å². The summed E-state index contributed by atoms with van der Waals surface area (Å²) in [5, 5.41) is 3.49. The highest BCUT2D eigenvalue weighted by Crippen LogP contribution is 2.34. The van der Waals surface area contributed by atoms with Crippen LogP contribution in [-0.4, -0.2) is 0 Å². The molecule has 2 aromatic carbocycles. The van der Waals surface area contributed by atoms with Crippen molar-refractivity contribution in [3.05, 3.63) is 62.6 Å². The normalized spacial score (nSPS) is 12.3. The third-order valence-electron chi connectivity index (χ3n) is 2.81. The summed E-state index contributed by atoms with van der Waals surface area (Å²) in [6.45, 7) is 1.70. The molecule has 1 atom stereocenters. The molecule has 0 saturated carbocycles. The molecule has 0 fully saturated rings. The van der Waals surface area contributed by atoms with Crippen LogP contribution in [0.2, 0.25) is 15.1 Å². The van der Waals surface area contributed by atoms with E-state index in [9.17, 15) is 8.78 Å². The molecule has 2 rings (SSSR count).